The van der Waals surface area contributed by atoms with Gasteiger partial charge in [-0.2, -0.15) is 0 Å². The van der Waals surface area contributed by atoms with Gasteiger partial charge in [-0.3, -0.25) is 4.79 Å². The number of rotatable bonds is 8. The van der Waals surface area contributed by atoms with Gasteiger partial charge in [0.05, 0.1) is 25.8 Å². The summed E-state index contributed by atoms with van der Waals surface area (Å²) < 4.78 is 50.6. The fourth-order valence-electron chi connectivity index (χ4n) is 4.84. The molecule has 0 N–H and O–H groups in total. The predicted molar refractivity (Wildman–Crippen MR) is 131 cm³/mol. The number of esters is 1. The van der Waals surface area contributed by atoms with Gasteiger partial charge < -0.3 is 28.7 Å². The van der Waals surface area contributed by atoms with Gasteiger partial charge in [-0.05, 0) is 56.2 Å². The van der Waals surface area contributed by atoms with Gasteiger partial charge in [0, 0.05) is 24.2 Å². The van der Waals surface area contributed by atoms with E-state index in [1.807, 2.05) is 0 Å². The highest BCUT2D eigenvalue weighted by Crippen LogP contribution is 2.42. The molecule has 4 rings (SSSR count). The summed E-state index contributed by atoms with van der Waals surface area (Å²) in [5.74, 6) is -4.19. The van der Waals surface area contributed by atoms with Crippen molar-refractivity contribution in [3.63, 3.8) is 0 Å². The van der Waals surface area contributed by atoms with Crippen LogP contribution in [0.3, 0.4) is 0 Å². The van der Waals surface area contributed by atoms with E-state index in [9.17, 15) is 23.2 Å². The Morgan fingerprint density at radius 2 is 1.76 bits per heavy atom. The zero-order chi connectivity index (χ0) is 27.4. The van der Waals surface area contributed by atoms with Crippen molar-refractivity contribution >= 4 is 29.6 Å². The van der Waals surface area contributed by atoms with Gasteiger partial charge in [0.2, 0.25) is 0 Å². The van der Waals surface area contributed by atoms with Crippen molar-refractivity contribution in [2.75, 3.05) is 40.0 Å². The second-order valence-electron chi connectivity index (χ2n) is 8.93. The topological polar surface area (TPSA) is 94.6 Å². The lowest BCUT2D eigenvalue weighted by Crippen LogP contribution is -2.67. The molecule has 2 atom stereocenters. The Morgan fingerprint density at radius 1 is 1.08 bits per heavy atom. The van der Waals surface area contributed by atoms with Crippen LogP contribution >= 0.6 is 11.6 Å². The second kappa shape index (κ2) is 11.5. The molecule has 12 heteroatoms. The van der Waals surface area contributed by atoms with E-state index in [0.717, 1.165) is 12.1 Å². The molecule has 2 fully saturated rings. The average Bonchev–Trinajstić information content (AvgIpc) is 3.13. The lowest BCUT2D eigenvalue weighted by atomic mass is 9.93. The molecular weight excluding hydrogens is 526 g/mol. The van der Waals surface area contributed by atoms with Crippen LogP contribution in [0, 0.1) is 11.6 Å². The smallest absolute Gasteiger partial charge is 0.410 e. The number of nitrogens with zero attached hydrogens (tertiary/aromatic N) is 2. The minimum Gasteiger partial charge on any atom is -0.464 e. The molecule has 2 aliphatic rings. The van der Waals surface area contributed by atoms with Crippen molar-refractivity contribution < 1.29 is 42.1 Å². The summed E-state index contributed by atoms with van der Waals surface area (Å²) in [7, 11) is 1.47. The SMILES string of the molecule is CCOC(=O)C12CCC(CN(C(=O)OCCOC)C1)N2C(=O)c1cc(F)c(Oc2ccc(Cl)cc2)c(F)c1. The quantitative estimate of drug-likeness (QED) is 0.353. The number of carbonyl (C=O) groups excluding carboxylic acids is 3. The van der Waals surface area contributed by atoms with E-state index in [2.05, 4.69) is 0 Å². The van der Waals surface area contributed by atoms with Gasteiger partial charge in [0.25, 0.3) is 5.91 Å². The number of halogens is 3. The molecule has 0 spiro atoms. The Morgan fingerprint density at radius 3 is 2.39 bits per heavy atom. The van der Waals surface area contributed by atoms with Crippen molar-refractivity contribution in [3.05, 3.63) is 58.6 Å². The molecule has 204 valence electrons. The molecular formula is C26H27ClF2N2O7. The van der Waals surface area contributed by atoms with Crippen molar-refractivity contribution in [1.29, 1.82) is 0 Å². The Bertz CT molecular complexity index is 1190. The number of benzene rings is 2. The maximum Gasteiger partial charge on any atom is 0.410 e. The number of methoxy groups -OCH3 is 1. The Balaban J connectivity index is 1.61. The van der Waals surface area contributed by atoms with Crippen LogP contribution in [0.15, 0.2) is 36.4 Å². The molecule has 0 saturated carbocycles. The molecule has 0 aliphatic carbocycles. The molecule has 2 bridgehead atoms. The van der Waals surface area contributed by atoms with Gasteiger partial charge in [0.1, 0.15) is 12.4 Å². The lowest BCUT2D eigenvalue weighted by Gasteiger charge is -2.46. The lowest BCUT2D eigenvalue weighted by molar-refractivity contribution is -0.158. The van der Waals surface area contributed by atoms with Crippen molar-refractivity contribution in [1.82, 2.24) is 9.80 Å². The summed E-state index contributed by atoms with van der Waals surface area (Å²) in [6.07, 6.45) is -0.0578. The Labute approximate surface area is 223 Å². The molecule has 2 aliphatic heterocycles. The summed E-state index contributed by atoms with van der Waals surface area (Å²) in [6, 6.07) is 7.03. The van der Waals surface area contributed by atoms with Gasteiger partial charge >= 0.3 is 12.1 Å². The first-order valence-corrected chi connectivity index (χ1v) is 12.4. The summed E-state index contributed by atoms with van der Waals surface area (Å²) in [6.45, 7) is 1.80. The van der Waals surface area contributed by atoms with E-state index < -0.39 is 46.9 Å². The van der Waals surface area contributed by atoms with Gasteiger partial charge in [0.15, 0.2) is 22.9 Å². The van der Waals surface area contributed by atoms with E-state index in [1.165, 1.54) is 41.2 Å². The van der Waals surface area contributed by atoms with Crippen LogP contribution in [0.1, 0.15) is 30.1 Å². The van der Waals surface area contributed by atoms with Gasteiger partial charge in [-0.25, -0.2) is 18.4 Å². The molecule has 0 radical (unpaired) electrons. The predicted octanol–water partition coefficient (Wildman–Crippen LogP) is 4.42. The highest BCUT2D eigenvalue weighted by molar-refractivity contribution is 6.30. The number of amides is 2. The number of fused-ring (bicyclic) bond motifs is 2. The summed E-state index contributed by atoms with van der Waals surface area (Å²) >= 11 is 5.83. The highest BCUT2D eigenvalue weighted by Gasteiger charge is 2.60. The van der Waals surface area contributed by atoms with E-state index >= 15 is 0 Å². The highest BCUT2D eigenvalue weighted by atomic mass is 35.5. The van der Waals surface area contributed by atoms with Crippen LogP contribution in [0.2, 0.25) is 5.02 Å². The minimum atomic E-state index is -1.53. The van der Waals surface area contributed by atoms with Gasteiger partial charge in [-0.1, -0.05) is 11.6 Å². The maximum atomic E-state index is 15.0. The molecule has 2 aromatic carbocycles. The number of piperazine rings is 1. The summed E-state index contributed by atoms with van der Waals surface area (Å²) in [5.41, 5.74) is -1.83. The van der Waals surface area contributed by atoms with Crippen LogP contribution in [0.5, 0.6) is 11.5 Å². The van der Waals surface area contributed by atoms with Crippen LogP contribution in [0.4, 0.5) is 13.6 Å². The van der Waals surface area contributed by atoms with E-state index in [4.69, 9.17) is 30.5 Å². The Kier molecular flexibility index (Phi) is 8.37. The second-order valence-corrected chi connectivity index (χ2v) is 9.37. The molecule has 0 aromatic heterocycles. The number of hydrogen-bond acceptors (Lipinski definition) is 7. The van der Waals surface area contributed by atoms with Crippen molar-refractivity contribution in [3.8, 4) is 11.5 Å². The molecule has 38 heavy (non-hydrogen) atoms. The average molecular weight is 553 g/mol. The zero-order valence-electron chi connectivity index (χ0n) is 20.9. The van der Waals surface area contributed by atoms with E-state index in [-0.39, 0.29) is 50.6 Å². The third-order valence-electron chi connectivity index (χ3n) is 6.53. The molecule has 9 nitrogen and oxygen atoms in total. The number of carbonyl (C=O) groups is 3. The summed E-state index contributed by atoms with van der Waals surface area (Å²) in [4.78, 5) is 42.1. The van der Waals surface area contributed by atoms with Crippen LogP contribution in [-0.4, -0.2) is 79.4 Å². The minimum absolute atomic E-state index is 0.0224. The first-order chi connectivity index (χ1) is 18.2. The first-order valence-electron chi connectivity index (χ1n) is 12.0. The summed E-state index contributed by atoms with van der Waals surface area (Å²) in [5, 5.41) is 0.424. The largest absolute Gasteiger partial charge is 0.464 e. The Hall–Kier alpha value is -3.44. The third kappa shape index (κ3) is 5.39. The number of likely N-dealkylation sites (tertiary alicyclic amines) is 1. The van der Waals surface area contributed by atoms with E-state index in [0.29, 0.717) is 11.4 Å². The molecule has 2 aromatic rings. The first kappa shape index (κ1) is 27.6. The normalized spacial score (nSPS) is 20.3. The molecule has 2 amide bonds. The fourth-order valence-corrected chi connectivity index (χ4v) is 4.97. The van der Waals surface area contributed by atoms with E-state index in [1.54, 1.807) is 6.92 Å². The number of hydrogen-bond donors (Lipinski definition) is 0. The molecule has 2 unspecified atom stereocenters. The third-order valence-corrected chi connectivity index (χ3v) is 6.78. The standard InChI is InChI=1S/C26H27ClF2N2O7/c1-3-36-24(33)26-9-8-18(14-30(15-26)25(34)37-11-10-35-2)31(26)23(32)16-12-20(28)22(21(29)13-16)38-19-6-4-17(27)5-7-19/h4-7,12-13,18H,3,8-11,14-15H2,1-2H3. The van der Waals surface area contributed by atoms with Crippen LogP contribution in [0.25, 0.3) is 0 Å². The number of ether oxygens (including phenoxy) is 4. The van der Waals surface area contributed by atoms with Crippen molar-refractivity contribution in [2.24, 2.45) is 0 Å². The fraction of sp³-hybridized carbons (Fsp3) is 0.423. The zero-order valence-corrected chi connectivity index (χ0v) is 21.6. The molecule has 2 heterocycles. The van der Waals surface area contributed by atoms with Crippen LogP contribution < -0.4 is 4.74 Å². The van der Waals surface area contributed by atoms with Gasteiger partial charge in [-0.15, -0.1) is 0 Å². The monoisotopic (exact) mass is 552 g/mol. The van der Waals surface area contributed by atoms with Crippen molar-refractivity contribution in [2.45, 2.75) is 31.3 Å². The van der Waals surface area contributed by atoms with Crippen LogP contribution in [-0.2, 0) is 19.0 Å². The molecule has 2 saturated heterocycles. The maximum absolute atomic E-state index is 15.0.